The summed E-state index contributed by atoms with van der Waals surface area (Å²) in [6.45, 7) is 1.12. The Kier molecular flexibility index (Phi) is 2.96. The predicted octanol–water partition coefficient (Wildman–Crippen LogP) is 2.66. The van der Waals surface area contributed by atoms with E-state index in [2.05, 4.69) is 32.3 Å². The van der Waals surface area contributed by atoms with Crippen molar-refractivity contribution in [3.63, 3.8) is 0 Å². The zero-order chi connectivity index (χ0) is 9.10. The van der Waals surface area contributed by atoms with Crippen LogP contribution in [0.5, 0.6) is 0 Å². The number of halogens is 1. The van der Waals surface area contributed by atoms with Gasteiger partial charge >= 0.3 is 0 Å². The van der Waals surface area contributed by atoms with E-state index in [1.54, 1.807) is 0 Å². The predicted molar refractivity (Wildman–Crippen MR) is 56.5 cm³/mol. The largest absolute Gasteiger partial charge is 0.309 e. The highest BCUT2D eigenvalue weighted by Gasteiger charge is 2.15. The van der Waals surface area contributed by atoms with Crippen LogP contribution in [0, 0.1) is 0 Å². The zero-order valence-corrected chi connectivity index (χ0v) is 9.05. The van der Waals surface area contributed by atoms with Crippen molar-refractivity contribution in [3.8, 4) is 0 Å². The summed E-state index contributed by atoms with van der Waals surface area (Å²) in [7, 11) is 0. The van der Waals surface area contributed by atoms with E-state index in [1.807, 2.05) is 12.3 Å². The van der Waals surface area contributed by atoms with Gasteiger partial charge in [0.2, 0.25) is 0 Å². The molecule has 1 aromatic heterocycles. The van der Waals surface area contributed by atoms with Gasteiger partial charge in [0, 0.05) is 16.7 Å². The summed E-state index contributed by atoms with van der Waals surface area (Å²) in [5.74, 6) is 0. The molecule has 1 aromatic rings. The third kappa shape index (κ3) is 2.29. The second kappa shape index (κ2) is 4.20. The maximum Gasteiger partial charge on any atom is 0.0584 e. The molecule has 0 aromatic carbocycles. The molecular weight excluding hydrogens is 228 g/mol. The van der Waals surface area contributed by atoms with Gasteiger partial charge in [0.05, 0.1) is 5.69 Å². The Hall–Kier alpha value is -0.410. The molecule has 1 fully saturated rings. The molecule has 1 aliphatic heterocycles. The second-order valence-corrected chi connectivity index (χ2v) is 4.32. The monoisotopic (exact) mass is 240 g/mol. The molecule has 0 radical (unpaired) electrons. The number of rotatable bonds is 1. The Morgan fingerprint density at radius 1 is 1.46 bits per heavy atom. The van der Waals surface area contributed by atoms with Gasteiger partial charge in [-0.05, 0) is 31.5 Å². The quantitative estimate of drug-likeness (QED) is 0.817. The Bertz CT molecular complexity index is 282. The average Bonchev–Trinajstić information content (AvgIpc) is 2.19. The standard InChI is InChI=1S/C10H13BrN2/c11-8-4-6-13-10(7-8)9-3-1-2-5-12-9/h4,6-7,9,12H,1-3,5H2/t9-/m0/s1. The molecule has 2 nitrogen and oxygen atoms in total. The third-order valence-corrected chi connectivity index (χ3v) is 2.90. The minimum absolute atomic E-state index is 0.464. The zero-order valence-electron chi connectivity index (χ0n) is 7.46. The molecule has 2 rings (SSSR count). The van der Waals surface area contributed by atoms with E-state index in [9.17, 15) is 0 Å². The fourth-order valence-electron chi connectivity index (χ4n) is 1.72. The third-order valence-electron chi connectivity index (χ3n) is 2.41. The smallest absolute Gasteiger partial charge is 0.0584 e. The second-order valence-electron chi connectivity index (χ2n) is 3.40. The van der Waals surface area contributed by atoms with Crippen LogP contribution in [0.25, 0.3) is 0 Å². The highest BCUT2D eigenvalue weighted by molar-refractivity contribution is 9.10. The van der Waals surface area contributed by atoms with Crippen molar-refractivity contribution in [1.82, 2.24) is 10.3 Å². The first kappa shape index (κ1) is 9.16. The first-order valence-electron chi connectivity index (χ1n) is 4.71. The van der Waals surface area contributed by atoms with Gasteiger partial charge in [-0.2, -0.15) is 0 Å². The number of pyridine rings is 1. The summed E-state index contributed by atoms with van der Waals surface area (Å²) in [5, 5.41) is 3.48. The molecule has 1 aliphatic rings. The highest BCUT2D eigenvalue weighted by Crippen LogP contribution is 2.22. The Balaban J connectivity index is 2.14. The van der Waals surface area contributed by atoms with Gasteiger partial charge in [0.15, 0.2) is 0 Å². The summed E-state index contributed by atoms with van der Waals surface area (Å²) in [6.07, 6.45) is 5.68. The minimum atomic E-state index is 0.464. The topological polar surface area (TPSA) is 24.9 Å². The number of hydrogen-bond acceptors (Lipinski definition) is 2. The van der Waals surface area contributed by atoms with Crippen molar-refractivity contribution in [2.75, 3.05) is 6.54 Å². The maximum atomic E-state index is 4.37. The van der Waals surface area contributed by atoms with Gasteiger partial charge in [-0.25, -0.2) is 0 Å². The van der Waals surface area contributed by atoms with Crippen molar-refractivity contribution < 1.29 is 0 Å². The summed E-state index contributed by atoms with van der Waals surface area (Å²) in [4.78, 5) is 4.37. The van der Waals surface area contributed by atoms with Crippen LogP contribution in [0.4, 0.5) is 0 Å². The van der Waals surface area contributed by atoms with Gasteiger partial charge in [0.1, 0.15) is 0 Å². The van der Waals surface area contributed by atoms with Crippen LogP contribution in [0.3, 0.4) is 0 Å². The molecule has 0 bridgehead atoms. The van der Waals surface area contributed by atoms with E-state index in [0.717, 1.165) is 16.7 Å². The molecule has 3 heteroatoms. The van der Waals surface area contributed by atoms with Gasteiger partial charge in [-0.15, -0.1) is 0 Å². The summed E-state index contributed by atoms with van der Waals surface area (Å²) >= 11 is 3.46. The van der Waals surface area contributed by atoms with E-state index in [0.29, 0.717) is 6.04 Å². The lowest BCUT2D eigenvalue weighted by Gasteiger charge is -2.22. The lowest BCUT2D eigenvalue weighted by atomic mass is 10.0. The number of nitrogens with one attached hydrogen (secondary N) is 1. The van der Waals surface area contributed by atoms with E-state index in [-0.39, 0.29) is 0 Å². The maximum absolute atomic E-state index is 4.37. The van der Waals surface area contributed by atoms with Crippen LogP contribution in [0.2, 0.25) is 0 Å². The summed E-state index contributed by atoms with van der Waals surface area (Å²) in [6, 6.07) is 4.53. The van der Waals surface area contributed by atoms with E-state index in [4.69, 9.17) is 0 Å². The van der Waals surface area contributed by atoms with E-state index < -0.39 is 0 Å². The molecule has 0 aliphatic carbocycles. The summed E-state index contributed by atoms with van der Waals surface area (Å²) < 4.78 is 1.12. The molecule has 0 amide bonds. The Labute approximate surface area is 86.9 Å². The number of hydrogen-bond donors (Lipinski definition) is 1. The molecule has 1 atom stereocenters. The minimum Gasteiger partial charge on any atom is -0.309 e. The summed E-state index contributed by atoms with van der Waals surface area (Å²) in [5.41, 5.74) is 1.16. The van der Waals surface area contributed by atoms with Crippen LogP contribution in [0.15, 0.2) is 22.8 Å². The van der Waals surface area contributed by atoms with Gasteiger partial charge in [-0.1, -0.05) is 22.4 Å². The number of piperidine rings is 1. The van der Waals surface area contributed by atoms with Crippen molar-refractivity contribution in [2.45, 2.75) is 25.3 Å². The van der Waals surface area contributed by atoms with Crippen LogP contribution < -0.4 is 5.32 Å². The van der Waals surface area contributed by atoms with Crippen LogP contribution >= 0.6 is 15.9 Å². The lowest BCUT2D eigenvalue weighted by Crippen LogP contribution is -2.27. The van der Waals surface area contributed by atoms with Crippen molar-refractivity contribution >= 4 is 15.9 Å². The van der Waals surface area contributed by atoms with E-state index in [1.165, 1.54) is 19.3 Å². The Morgan fingerprint density at radius 3 is 3.08 bits per heavy atom. The molecule has 13 heavy (non-hydrogen) atoms. The molecule has 2 heterocycles. The first-order chi connectivity index (χ1) is 6.36. The molecule has 0 saturated carbocycles. The Morgan fingerprint density at radius 2 is 2.38 bits per heavy atom. The van der Waals surface area contributed by atoms with Crippen LogP contribution in [0.1, 0.15) is 31.0 Å². The van der Waals surface area contributed by atoms with Crippen molar-refractivity contribution in [3.05, 3.63) is 28.5 Å². The van der Waals surface area contributed by atoms with Gasteiger partial charge < -0.3 is 5.32 Å². The number of nitrogens with zero attached hydrogens (tertiary/aromatic N) is 1. The molecular formula is C10H13BrN2. The van der Waals surface area contributed by atoms with E-state index >= 15 is 0 Å². The molecule has 1 saturated heterocycles. The molecule has 0 unspecified atom stereocenters. The molecule has 0 spiro atoms. The number of aromatic nitrogens is 1. The highest BCUT2D eigenvalue weighted by atomic mass is 79.9. The fraction of sp³-hybridized carbons (Fsp3) is 0.500. The van der Waals surface area contributed by atoms with Gasteiger partial charge in [0.25, 0.3) is 0 Å². The first-order valence-corrected chi connectivity index (χ1v) is 5.50. The van der Waals surface area contributed by atoms with Gasteiger partial charge in [-0.3, -0.25) is 4.98 Å². The molecule has 70 valence electrons. The lowest BCUT2D eigenvalue weighted by molar-refractivity contribution is 0.405. The van der Waals surface area contributed by atoms with Crippen molar-refractivity contribution in [1.29, 1.82) is 0 Å². The fourth-order valence-corrected chi connectivity index (χ4v) is 2.07. The SMILES string of the molecule is Brc1ccnc([C@@H]2CCCCN2)c1. The average molecular weight is 241 g/mol. The van der Waals surface area contributed by atoms with Crippen LogP contribution in [-0.2, 0) is 0 Å². The van der Waals surface area contributed by atoms with Crippen molar-refractivity contribution in [2.24, 2.45) is 0 Å². The normalized spacial score (nSPS) is 23.0. The molecule has 1 N–H and O–H groups in total. The van der Waals surface area contributed by atoms with Crippen LogP contribution in [-0.4, -0.2) is 11.5 Å².